The van der Waals surface area contributed by atoms with Crippen molar-refractivity contribution in [1.29, 1.82) is 0 Å². The summed E-state index contributed by atoms with van der Waals surface area (Å²) < 4.78 is 23.6. The summed E-state index contributed by atoms with van der Waals surface area (Å²) in [7, 11) is 0. The summed E-state index contributed by atoms with van der Waals surface area (Å²) in [4.78, 5) is 0.877. The fraction of sp³-hybridized carbons (Fsp3) is 0.455. The fourth-order valence-electron chi connectivity index (χ4n) is 1.42. The fourth-order valence-corrected chi connectivity index (χ4v) is 2.41. The lowest BCUT2D eigenvalue weighted by molar-refractivity contribution is -0.130. The van der Waals surface area contributed by atoms with Gasteiger partial charge in [0.2, 0.25) is 0 Å². The molecule has 1 unspecified atom stereocenters. The van der Waals surface area contributed by atoms with Gasteiger partial charge in [-0.25, -0.2) is 4.39 Å². The van der Waals surface area contributed by atoms with Gasteiger partial charge in [0.05, 0.1) is 18.4 Å². The summed E-state index contributed by atoms with van der Waals surface area (Å²) in [6.45, 7) is 1.10. The molecule has 0 amide bonds. The molecule has 1 aromatic rings. The van der Waals surface area contributed by atoms with Gasteiger partial charge in [0, 0.05) is 10.6 Å². The van der Waals surface area contributed by atoms with Gasteiger partial charge in [-0.2, -0.15) is 0 Å². The van der Waals surface area contributed by atoms with Crippen LogP contribution >= 0.6 is 11.8 Å². The molecule has 0 saturated carbocycles. The first-order valence-corrected chi connectivity index (χ1v) is 6.11. The van der Waals surface area contributed by atoms with E-state index in [1.165, 1.54) is 6.07 Å². The van der Waals surface area contributed by atoms with E-state index in [1.54, 1.807) is 17.8 Å². The van der Waals surface area contributed by atoms with Crippen LogP contribution in [-0.4, -0.2) is 25.3 Å². The number of hydrogen-bond acceptors (Lipinski definition) is 4. The van der Waals surface area contributed by atoms with Crippen LogP contribution in [-0.2, 0) is 9.47 Å². The van der Waals surface area contributed by atoms with Gasteiger partial charge in [-0.3, -0.25) is 0 Å². The molecular formula is C11H14FNO2S. The van der Waals surface area contributed by atoms with E-state index in [2.05, 4.69) is 0 Å². The predicted molar refractivity (Wildman–Crippen MR) is 61.8 cm³/mol. The third kappa shape index (κ3) is 3.10. The van der Waals surface area contributed by atoms with Crippen molar-refractivity contribution in [3.63, 3.8) is 0 Å². The molecule has 2 rings (SSSR count). The predicted octanol–water partition coefficient (Wildman–Crippen LogP) is 2.26. The topological polar surface area (TPSA) is 44.5 Å². The van der Waals surface area contributed by atoms with Crippen molar-refractivity contribution in [2.45, 2.75) is 17.4 Å². The smallest absolute Gasteiger partial charge is 0.147 e. The maximum atomic E-state index is 13.2. The first-order chi connectivity index (χ1) is 7.75. The molecule has 1 fully saturated rings. The molecule has 1 aromatic carbocycles. The number of anilines is 1. The van der Waals surface area contributed by atoms with E-state index in [9.17, 15) is 4.39 Å². The molecule has 1 heterocycles. The van der Waals surface area contributed by atoms with Crippen LogP contribution in [0.1, 0.15) is 6.42 Å². The summed E-state index contributed by atoms with van der Waals surface area (Å²) in [5.41, 5.74) is 5.59. The van der Waals surface area contributed by atoms with Crippen LogP contribution in [0.4, 0.5) is 10.1 Å². The molecular weight excluding hydrogens is 229 g/mol. The molecule has 0 radical (unpaired) electrons. The second-order valence-corrected chi connectivity index (χ2v) is 4.69. The molecule has 0 aromatic heterocycles. The first-order valence-electron chi connectivity index (χ1n) is 5.13. The summed E-state index contributed by atoms with van der Waals surface area (Å²) in [6.07, 6.45) is 1.09. The van der Waals surface area contributed by atoms with Gasteiger partial charge in [-0.1, -0.05) is 0 Å². The van der Waals surface area contributed by atoms with Gasteiger partial charge >= 0.3 is 0 Å². The average molecular weight is 243 g/mol. The van der Waals surface area contributed by atoms with E-state index in [0.29, 0.717) is 6.79 Å². The van der Waals surface area contributed by atoms with Crippen LogP contribution < -0.4 is 5.73 Å². The highest BCUT2D eigenvalue weighted by molar-refractivity contribution is 7.99. The zero-order valence-corrected chi connectivity index (χ0v) is 9.63. The molecule has 1 atom stereocenters. The van der Waals surface area contributed by atoms with E-state index >= 15 is 0 Å². The highest BCUT2D eigenvalue weighted by Crippen LogP contribution is 2.24. The molecule has 88 valence electrons. The quantitative estimate of drug-likeness (QED) is 0.653. The highest BCUT2D eigenvalue weighted by Gasteiger charge is 2.14. The summed E-state index contributed by atoms with van der Waals surface area (Å²) >= 11 is 1.57. The van der Waals surface area contributed by atoms with Crippen molar-refractivity contribution in [3.8, 4) is 0 Å². The van der Waals surface area contributed by atoms with E-state index in [1.807, 2.05) is 6.07 Å². The Morgan fingerprint density at radius 2 is 2.38 bits per heavy atom. The van der Waals surface area contributed by atoms with Crippen molar-refractivity contribution in [2.75, 3.05) is 24.9 Å². The van der Waals surface area contributed by atoms with Crippen LogP contribution in [0.25, 0.3) is 0 Å². The van der Waals surface area contributed by atoms with Crippen molar-refractivity contribution < 1.29 is 13.9 Å². The molecule has 2 N–H and O–H groups in total. The number of benzene rings is 1. The van der Waals surface area contributed by atoms with Crippen LogP contribution in [0.3, 0.4) is 0 Å². The zero-order chi connectivity index (χ0) is 11.4. The first kappa shape index (κ1) is 11.7. The lowest BCUT2D eigenvalue weighted by Crippen LogP contribution is -2.25. The monoisotopic (exact) mass is 243 g/mol. The average Bonchev–Trinajstić information content (AvgIpc) is 2.32. The Morgan fingerprint density at radius 1 is 1.50 bits per heavy atom. The van der Waals surface area contributed by atoms with Crippen LogP contribution in [0.2, 0.25) is 0 Å². The minimum atomic E-state index is -0.363. The Kier molecular flexibility index (Phi) is 4.04. The Hall–Kier alpha value is -0.780. The van der Waals surface area contributed by atoms with E-state index in [0.717, 1.165) is 23.7 Å². The second kappa shape index (κ2) is 5.52. The van der Waals surface area contributed by atoms with Crippen molar-refractivity contribution in [2.24, 2.45) is 0 Å². The van der Waals surface area contributed by atoms with Gasteiger partial charge in [-0.05, 0) is 24.6 Å². The van der Waals surface area contributed by atoms with Crippen LogP contribution in [0.15, 0.2) is 23.1 Å². The lowest BCUT2D eigenvalue weighted by atomic mass is 10.3. The maximum Gasteiger partial charge on any atom is 0.147 e. The van der Waals surface area contributed by atoms with Gasteiger partial charge in [0.25, 0.3) is 0 Å². The number of thioether (sulfide) groups is 1. The highest BCUT2D eigenvalue weighted by atomic mass is 32.2. The van der Waals surface area contributed by atoms with Gasteiger partial charge in [0.15, 0.2) is 0 Å². The van der Waals surface area contributed by atoms with Gasteiger partial charge in [0.1, 0.15) is 12.6 Å². The molecule has 16 heavy (non-hydrogen) atoms. The molecule has 1 saturated heterocycles. The lowest BCUT2D eigenvalue weighted by Gasteiger charge is -2.22. The number of halogens is 1. The second-order valence-electron chi connectivity index (χ2n) is 3.60. The molecule has 0 bridgehead atoms. The molecule has 3 nitrogen and oxygen atoms in total. The standard InChI is InChI=1S/C11H14FNO2S/c12-10-5-9(1-2-11(10)13)16-6-8-3-4-14-7-15-8/h1-2,5,8H,3-4,6-7,13H2. The molecule has 0 aliphatic carbocycles. The molecule has 1 aliphatic heterocycles. The Bertz CT molecular complexity index is 356. The van der Waals surface area contributed by atoms with Crippen molar-refractivity contribution in [1.82, 2.24) is 0 Å². The molecule has 0 spiro atoms. The molecule has 5 heteroatoms. The van der Waals surface area contributed by atoms with Gasteiger partial charge < -0.3 is 15.2 Å². The number of nitrogen functional groups attached to an aromatic ring is 1. The number of nitrogens with two attached hydrogens (primary N) is 1. The van der Waals surface area contributed by atoms with E-state index < -0.39 is 0 Å². The SMILES string of the molecule is Nc1ccc(SCC2CCOCO2)cc1F. The third-order valence-corrected chi connectivity index (χ3v) is 3.50. The van der Waals surface area contributed by atoms with E-state index in [-0.39, 0.29) is 17.6 Å². The number of hydrogen-bond donors (Lipinski definition) is 1. The Morgan fingerprint density at radius 3 is 3.06 bits per heavy atom. The Labute approximate surface area is 98.1 Å². The minimum Gasteiger partial charge on any atom is -0.396 e. The number of ether oxygens (including phenoxy) is 2. The minimum absolute atomic E-state index is 0.187. The van der Waals surface area contributed by atoms with Gasteiger partial charge in [-0.15, -0.1) is 11.8 Å². The van der Waals surface area contributed by atoms with Crippen LogP contribution in [0.5, 0.6) is 0 Å². The van der Waals surface area contributed by atoms with Crippen LogP contribution in [0, 0.1) is 5.82 Å². The molecule has 1 aliphatic rings. The third-order valence-electron chi connectivity index (χ3n) is 2.38. The van der Waals surface area contributed by atoms with Crippen molar-refractivity contribution in [3.05, 3.63) is 24.0 Å². The summed E-state index contributed by atoms with van der Waals surface area (Å²) in [5, 5.41) is 0. The van der Waals surface area contributed by atoms with E-state index in [4.69, 9.17) is 15.2 Å². The van der Waals surface area contributed by atoms with Crippen molar-refractivity contribution >= 4 is 17.4 Å². The maximum absolute atomic E-state index is 13.2. The largest absolute Gasteiger partial charge is 0.396 e. The number of rotatable bonds is 3. The Balaban J connectivity index is 1.86. The summed E-state index contributed by atoms with van der Waals surface area (Å²) in [5.74, 6) is 0.449. The zero-order valence-electron chi connectivity index (χ0n) is 8.82. The normalized spacial score (nSPS) is 20.9. The summed E-state index contributed by atoms with van der Waals surface area (Å²) in [6, 6.07) is 4.87.